The highest BCUT2D eigenvalue weighted by Crippen LogP contribution is 2.25. The lowest BCUT2D eigenvalue weighted by molar-refractivity contribution is -0.138. The van der Waals surface area contributed by atoms with Crippen LogP contribution in [-0.2, 0) is 23.6 Å². The van der Waals surface area contributed by atoms with Crippen molar-refractivity contribution in [3.63, 3.8) is 0 Å². The topological polar surface area (TPSA) is 124 Å². The summed E-state index contributed by atoms with van der Waals surface area (Å²) in [5.74, 6) is 0.673. The second-order valence-electron chi connectivity index (χ2n) is 6.86. The summed E-state index contributed by atoms with van der Waals surface area (Å²) < 4.78 is 8.45. The number of dihydropyridines is 1. The highest BCUT2D eigenvalue weighted by Gasteiger charge is 2.20. The largest absolute Gasteiger partial charge is 0.462 e. The number of carbonyl (C=O) groups excluding carboxylic acids is 1. The summed E-state index contributed by atoms with van der Waals surface area (Å²) in [6, 6.07) is -0.0346. The Labute approximate surface area is 172 Å². The van der Waals surface area contributed by atoms with E-state index < -0.39 is 0 Å². The summed E-state index contributed by atoms with van der Waals surface area (Å²) in [5, 5.41) is 19.0. The van der Waals surface area contributed by atoms with Gasteiger partial charge in [-0.2, -0.15) is 15.2 Å². The molecule has 0 saturated carbocycles. The van der Waals surface area contributed by atoms with Gasteiger partial charge < -0.3 is 20.7 Å². The number of nitrogens with zero attached hydrogens (tertiary/aromatic N) is 6. The number of aromatic nitrogens is 6. The molecule has 0 amide bonds. The average molecular weight is 409 g/mol. The predicted octanol–water partition coefficient (Wildman–Crippen LogP) is 1.57. The van der Waals surface area contributed by atoms with E-state index in [2.05, 4.69) is 36.1 Å². The maximum Gasteiger partial charge on any atom is 0.339 e. The Morgan fingerprint density at radius 2 is 2.13 bits per heavy atom. The maximum absolute atomic E-state index is 12.1. The van der Waals surface area contributed by atoms with Crippen molar-refractivity contribution in [1.82, 2.24) is 34.8 Å². The van der Waals surface area contributed by atoms with Gasteiger partial charge in [0.15, 0.2) is 11.5 Å². The van der Waals surface area contributed by atoms with Crippen LogP contribution in [0, 0.1) is 0 Å². The molecule has 156 valence electrons. The first kappa shape index (κ1) is 19.4. The van der Waals surface area contributed by atoms with Crippen molar-refractivity contribution in [2.75, 3.05) is 17.2 Å². The number of rotatable bonds is 6. The van der Waals surface area contributed by atoms with Crippen molar-refractivity contribution in [3.8, 4) is 0 Å². The van der Waals surface area contributed by atoms with E-state index in [1.165, 1.54) is 0 Å². The van der Waals surface area contributed by atoms with Crippen molar-refractivity contribution in [2.24, 2.45) is 14.1 Å². The Balaban J connectivity index is 1.60. The highest BCUT2D eigenvalue weighted by atomic mass is 16.5. The van der Waals surface area contributed by atoms with Gasteiger partial charge in [0.2, 0.25) is 5.95 Å². The summed E-state index contributed by atoms with van der Waals surface area (Å²) in [6.45, 7) is 4.08. The summed E-state index contributed by atoms with van der Waals surface area (Å²) in [6.07, 6.45) is 8.66. The lowest BCUT2D eigenvalue weighted by Gasteiger charge is -2.22. The summed E-state index contributed by atoms with van der Waals surface area (Å²) in [4.78, 5) is 21.0. The van der Waals surface area contributed by atoms with Gasteiger partial charge in [-0.15, -0.1) is 0 Å². The number of nitrogens with one attached hydrogen (secondary N) is 3. The van der Waals surface area contributed by atoms with Gasteiger partial charge in [0.1, 0.15) is 0 Å². The Morgan fingerprint density at radius 1 is 1.30 bits per heavy atom. The fourth-order valence-corrected chi connectivity index (χ4v) is 3.06. The molecule has 0 aliphatic carbocycles. The van der Waals surface area contributed by atoms with Crippen molar-refractivity contribution in [1.29, 1.82) is 0 Å². The van der Waals surface area contributed by atoms with Crippen LogP contribution in [0.4, 0.5) is 17.5 Å². The van der Waals surface area contributed by atoms with Gasteiger partial charge in [0.05, 0.1) is 35.5 Å². The van der Waals surface area contributed by atoms with Crippen LogP contribution in [0.2, 0.25) is 0 Å². The molecule has 0 spiro atoms. The van der Waals surface area contributed by atoms with Crippen molar-refractivity contribution in [3.05, 3.63) is 42.1 Å². The molecule has 3 aromatic rings. The number of fused-ring (bicyclic) bond motifs is 1. The van der Waals surface area contributed by atoms with Crippen LogP contribution in [0.25, 0.3) is 11.0 Å². The predicted molar refractivity (Wildman–Crippen MR) is 112 cm³/mol. The van der Waals surface area contributed by atoms with Gasteiger partial charge in [-0.25, -0.2) is 14.5 Å². The molecule has 3 N–H and O–H groups in total. The number of aryl methyl sites for hydroxylation is 2. The molecule has 0 radical (unpaired) electrons. The van der Waals surface area contributed by atoms with Crippen molar-refractivity contribution in [2.45, 2.75) is 19.9 Å². The van der Waals surface area contributed by atoms with E-state index in [-0.39, 0.29) is 12.0 Å². The normalized spacial score (nSPS) is 15.9. The molecule has 30 heavy (non-hydrogen) atoms. The average Bonchev–Trinajstić information content (AvgIpc) is 3.26. The van der Waals surface area contributed by atoms with Gasteiger partial charge in [0, 0.05) is 38.4 Å². The minimum Gasteiger partial charge on any atom is -0.462 e. The fraction of sp³-hybridized carbons (Fsp3) is 0.316. The number of carbonyl (C=O) groups is 1. The molecule has 1 aliphatic heterocycles. The Bertz CT molecular complexity index is 1160. The van der Waals surface area contributed by atoms with Crippen LogP contribution >= 0.6 is 0 Å². The molecule has 4 heterocycles. The smallest absolute Gasteiger partial charge is 0.339 e. The van der Waals surface area contributed by atoms with Gasteiger partial charge >= 0.3 is 5.97 Å². The van der Waals surface area contributed by atoms with Crippen LogP contribution in [0.1, 0.15) is 13.8 Å². The van der Waals surface area contributed by atoms with Gasteiger partial charge in [-0.3, -0.25) is 4.68 Å². The first-order chi connectivity index (χ1) is 14.4. The van der Waals surface area contributed by atoms with Crippen LogP contribution in [0.3, 0.4) is 0 Å². The molecule has 11 heteroatoms. The number of hydrogen-bond acceptors (Lipinski definition) is 9. The van der Waals surface area contributed by atoms with E-state index in [1.54, 1.807) is 41.0 Å². The molecular formula is C19H23N9O2. The number of ether oxygens (including phenoxy) is 1. The molecule has 3 aromatic heterocycles. The van der Waals surface area contributed by atoms with Crippen molar-refractivity contribution < 1.29 is 9.53 Å². The van der Waals surface area contributed by atoms with Crippen LogP contribution in [0.15, 0.2) is 42.1 Å². The summed E-state index contributed by atoms with van der Waals surface area (Å²) >= 11 is 0. The standard InChI is InChI=1S/C19H23N9O2/c1-5-30-18(29)12-6-15(11(2)20-7-12)24-16-14-9-21-19(25-17(14)28(4)26-16)23-13-8-22-27(3)10-13/h6-11,20H,5H2,1-4H3,(H,24,26)(H,21,23,25). The zero-order valence-electron chi connectivity index (χ0n) is 17.2. The van der Waals surface area contributed by atoms with Crippen LogP contribution in [0.5, 0.6) is 0 Å². The number of anilines is 3. The minimum atomic E-state index is -0.378. The van der Waals surface area contributed by atoms with E-state index in [9.17, 15) is 4.79 Å². The zero-order chi connectivity index (χ0) is 21.3. The number of hydrogen-bond donors (Lipinski definition) is 3. The molecule has 0 bridgehead atoms. The van der Waals surface area contributed by atoms with Crippen molar-refractivity contribution >= 4 is 34.5 Å². The van der Waals surface area contributed by atoms with Gasteiger partial charge in [-0.05, 0) is 19.9 Å². The lowest BCUT2D eigenvalue weighted by Crippen LogP contribution is -2.31. The molecule has 0 fully saturated rings. The van der Waals surface area contributed by atoms with Crippen LogP contribution in [-0.4, -0.2) is 48.1 Å². The first-order valence-electron chi connectivity index (χ1n) is 9.52. The minimum absolute atomic E-state index is 0.0346. The zero-order valence-corrected chi connectivity index (χ0v) is 17.2. The number of esters is 1. The quantitative estimate of drug-likeness (QED) is 0.520. The van der Waals surface area contributed by atoms with E-state index in [0.29, 0.717) is 29.6 Å². The molecule has 1 aliphatic rings. The summed E-state index contributed by atoms with van der Waals surface area (Å²) in [7, 11) is 3.65. The highest BCUT2D eigenvalue weighted by molar-refractivity contribution is 5.93. The monoisotopic (exact) mass is 409 g/mol. The molecule has 11 nitrogen and oxygen atoms in total. The third kappa shape index (κ3) is 3.81. The molecule has 1 unspecified atom stereocenters. The molecular weight excluding hydrogens is 386 g/mol. The van der Waals surface area contributed by atoms with E-state index >= 15 is 0 Å². The summed E-state index contributed by atoms with van der Waals surface area (Å²) in [5.41, 5.74) is 2.69. The van der Waals surface area contributed by atoms with Crippen LogP contribution < -0.4 is 16.0 Å². The third-order valence-electron chi connectivity index (χ3n) is 4.58. The second kappa shape index (κ2) is 7.85. The van der Waals surface area contributed by atoms with E-state index in [1.807, 2.05) is 27.2 Å². The maximum atomic E-state index is 12.1. The van der Waals surface area contributed by atoms with E-state index in [0.717, 1.165) is 16.8 Å². The SMILES string of the molecule is CCOC(=O)C1=CNC(C)C(Nc2nn(C)c3nc(Nc4cnn(C)c4)ncc23)=C1. The van der Waals surface area contributed by atoms with Gasteiger partial charge in [0.25, 0.3) is 0 Å². The Hall–Kier alpha value is -3.89. The molecule has 4 rings (SSSR count). The molecule has 0 saturated heterocycles. The lowest BCUT2D eigenvalue weighted by atomic mass is 10.1. The Morgan fingerprint density at radius 3 is 2.87 bits per heavy atom. The molecule has 1 atom stereocenters. The molecule has 0 aromatic carbocycles. The first-order valence-corrected chi connectivity index (χ1v) is 9.52. The fourth-order valence-electron chi connectivity index (χ4n) is 3.06. The third-order valence-corrected chi connectivity index (χ3v) is 4.58. The Kier molecular flexibility index (Phi) is 5.09. The van der Waals surface area contributed by atoms with E-state index in [4.69, 9.17) is 4.74 Å². The van der Waals surface area contributed by atoms with Gasteiger partial charge in [-0.1, -0.05) is 0 Å². The second-order valence-corrected chi connectivity index (χ2v) is 6.86.